The van der Waals surface area contributed by atoms with E-state index in [1.807, 2.05) is 0 Å². The first-order chi connectivity index (χ1) is 20.2. The summed E-state index contributed by atoms with van der Waals surface area (Å²) in [6, 6.07) is 0. The molecule has 0 fully saturated rings. The topological polar surface area (TPSA) is 78.8 Å². The maximum Gasteiger partial charge on any atom is 0.305 e. The minimum atomic E-state index is -0.156. The lowest BCUT2D eigenvalue weighted by Gasteiger charge is -2.06. The molecule has 0 rings (SSSR count). The zero-order valence-corrected chi connectivity index (χ0v) is 28.0. The van der Waals surface area contributed by atoms with Crippen molar-refractivity contribution >= 4 is 5.97 Å². The van der Waals surface area contributed by atoms with Crippen LogP contribution in [-0.4, -0.2) is 36.3 Å². The van der Waals surface area contributed by atoms with E-state index in [1.54, 1.807) is 0 Å². The van der Waals surface area contributed by atoms with E-state index >= 15 is 0 Å². The van der Waals surface area contributed by atoms with Crippen LogP contribution in [0.5, 0.6) is 0 Å². The quantitative estimate of drug-likeness (QED) is 0.0405. The molecule has 0 aromatic carbocycles. The van der Waals surface area contributed by atoms with Gasteiger partial charge in [-0.3, -0.25) is 10.1 Å². The van der Waals surface area contributed by atoms with E-state index in [1.165, 1.54) is 173 Å². The van der Waals surface area contributed by atoms with E-state index in [2.05, 4.69) is 19.2 Å². The van der Waals surface area contributed by atoms with Crippen molar-refractivity contribution in [2.24, 2.45) is 0 Å². The Hall–Kier alpha value is -0.650. The van der Waals surface area contributed by atoms with Crippen molar-refractivity contribution in [1.82, 2.24) is 5.32 Å². The van der Waals surface area contributed by atoms with Crippen molar-refractivity contribution < 1.29 is 19.7 Å². The molecule has 0 aliphatic rings. The molecule has 0 radical (unpaired) electrons. The molecule has 0 bridgehead atoms. The van der Waals surface area contributed by atoms with Crippen molar-refractivity contribution in [2.75, 3.05) is 20.1 Å². The molecule has 0 aromatic rings. The standard InChI is InChI=1S/C34H68O2.C2H7NO2/c1-3-5-7-9-11-13-15-17-19-20-22-24-26-28-30-32-34(35)36-33-31-29-27-25-23-21-18-16-14-12-10-8-6-4-2;4-1-3-2-5/h3-33H2,1-2H3;3-5H,1-2H2. The molecule has 0 atom stereocenters. The van der Waals surface area contributed by atoms with Gasteiger partial charge in [-0.15, -0.1) is 0 Å². The summed E-state index contributed by atoms with van der Waals surface area (Å²) in [6.07, 6.45) is 40.1. The molecule has 41 heavy (non-hydrogen) atoms. The van der Waals surface area contributed by atoms with Crippen molar-refractivity contribution in [3.8, 4) is 0 Å². The van der Waals surface area contributed by atoms with E-state index < -0.39 is 0 Å². The second kappa shape index (κ2) is 41.5. The Morgan fingerprint density at radius 3 is 0.976 bits per heavy atom. The van der Waals surface area contributed by atoms with Gasteiger partial charge in [0.05, 0.1) is 20.1 Å². The third kappa shape index (κ3) is 43.9. The highest BCUT2D eigenvalue weighted by Crippen LogP contribution is 2.15. The molecule has 248 valence electrons. The largest absolute Gasteiger partial charge is 0.466 e. The fraction of sp³-hybridized carbons (Fsp3) is 0.972. The summed E-state index contributed by atoms with van der Waals surface area (Å²) >= 11 is 0. The second-order valence-electron chi connectivity index (χ2n) is 12.1. The lowest BCUT2D eigenvalue weighted by atomic mass is 10.0. The maximum atomic E-state index is 11.9. The van der Waals surface area contributed by atoms with Crippen molar-refractivity contribution in [3.05, 3.63) is 0 Å². The second-order valence-corrected chi connectivity index (χ2v) is 12.1. The van der Waals surface area contributed by atoms with E-state index in [9.17, 15) is 4.79 Å². The van der Waals surface area contributed by atoms with Gasteiger partial charge < -0.3 is 14.9 Å². The van der Waals surface area contributed by atoms with Crippen LogP contribution in [0, 0.1) is 0 Å². The van der Waals surface area contributed by atoms with Gasteiger partial charge in [0.25, 0.3) is 0 Å². The summed E-state index contributed by atoms with van der Waals surface area (Å²) in [5.74, 6) is 0.0272. The first kappa shape index (κ1) is 42.5. The molecule has 0 amide bonds. The minimum absolute atomic E-state index is 0.0272. The Morgan fingerprint density at radius 1 is 0.439 bits per heavy atom. The Labute approximate surface area is 257 Å². The van der Waals surface area contributed by atoms with Gasteiger partial charge in [-0.2, -0.15) is 0 Å². The minimum Gasteiger partial charge on any atom is -0.466 e. The normalized spacial score (nSPS) is 10.9. The highest BCUT2D eigenvalue weighted by atomic mass is 16.5. The van der Waals surface area contributed by atoms with E-state index in [0.29, 0.717) is 13.0 Å². The number of carbonyl (C=O) groups is 1. The van der Waals surface area contributed by atoms with Gasteiger partial charge in [-0.05, 0) is 12.8 Å². The number of rotatable bonds is 33. The Bertz CT molecular complexity index is 423. The van der Waals surface area contributed by atoms with Crippen LogP contribution in [0.1, 0.15) is 206 Å². The number of nitrogens with one attached hydrogen (secondary N) is 1. The number of carbonyl (C=O) groups excluding carboxylic acids is 1. The molecular weight excluding hydrogens is 510 g/mol. The number of hydrogen-bond donors (Lipinski definition) is 3. The van der Waals surface area contributed by atoms with Gasteiger partial charge >= 0.3 is 5.97 Å². The predicted octanol–water partition coefficient (Wildman–Crippen LogP) is 10.7. The first-order valence-corrected chi connectivity index (χ1v) is 18.3. The van der Waals surface area contributed by atoms with Crippen molar-refractivity contribution in [2.45, 2.75) is 206 Å². The molecule has 0 heterocycles. The summed E-state index contributed by atoms with van der Waals surface area (Å²) in [7, 11) is 0. The molecule has 0 aliphatic heterocycles. The molecule has 0 spiro atoms. The number of esters is 1. The molecule has 0 aliphatic carbocycles. The van der Waals surface area contributed by atoms with Crippen LogP contribution >= 0.6 is 0 Å². The lowest BCUT2D eigenvalue weighted by molar-refractivity contribution is -0.143. The number of ether oxygens (including phenoxy) is 1. The van der Waals surface area contributed by atoms with Gasteiger partial charge in [-0.25, -0.2) is 0 Å². The molecule has 0 unspecified atom stereocenters. The summed E-state index contributed by atoms with van der Waals surface area (Å²) in [5, 5.41) is 17.8. The Morgan fingerprint density at radius 2 is 0.707 bits per heavy atom. The van der Waals surface area contributed by atoms with Gasteiger partial charge in [0.1, 0.15) is 0 Å². The Balaban J connectivity index is 0. The molecule has 5 heteroatoms. The number of aliphatic hydroxyl groups excluding tert-OH is 2. The van der Waals surface area contributed by atoms with Crippen LogP contribution in [0.2, 0.25) is 0 Å². The summed E-state index contributed by atoms with van der Waals surface area (Å²) in [6.45, 7) is 4.90. The van der Waals surface area contributed by atoms with Gasteiger partial charge in [0, 0.05) is 6.42 Å². The highest BCUT2D eigenvalue weighted by molar-refractivity contribution is 5.69. The number of hydrogen-bond acceptors (Lipinski definition) is 5. The Kier molecular flexibility index (Phi) is 43.0. The average molecular weight is 586 g/mol. The number of aliphatic hydroxyl groups is 2. The summed E-state index contributed by atoms with van der Waals surface area (Å²) < 4.78 is 5.43. The average Bonchev–Trinajstić information content (AvgIpc) is 2.98. The zero-order valence-electron chi connectivity index (χ0n) is 28.0. The van der Waals surface area contributed by atoms with Crippen LogP contribution < -0.4 is 5.32 Å². The van der Waals surface area contributed by atoms with E-state index in [-0.39, 0.29) is 19.4 Å². The molecular formula is C36H75NO4. The molecule has 3 N–H and O–H groups in total. The SMILES string of the molecule is CCCCCCCCCCCCCCCCCC(=O)OCCCCCCCCCCCCCCCC.OCNCO. The van der Waals surface area contributed by atoms with Crippen LogP contribution in [-0.2, 0) is 9.53 Å². The van der Waals surface area contributed by atoms with E-state index in [0.717, 1.165) is 12.8 Å². The maximum absolute atomic E-state index is 11.9. The molecule has 5 nitrogen and oxygen atoms in total. The molecule has 0 saturated heterocycles. The molecule has 0 aromatic heterocycles. The summed E-state index contributed by atoms with van der Waals surface area (Å²) in [4.78, 5) is 11.9. The predicted molar refractivity (Wildman–Crippen MR) is 178 cm³/mol. The highest BCUT2D eigenvalue weighted by Gasteiger charge is 2.03. The smallest absolute Gasteiger partial charge is 0.305 e. The summed E-state index contributed by atoms with van der Waals surface area (Å²) in [5.41, 5.74) is 0. The number of unbranched alkanes of at least 4 members (excludes halogenated alkanes) is 27. The fourth-order valence-electron chi connectivity index (χ4n) is 5.25. The van der Waals surface area contributed by atoms with Crippen molar-refractivity contribution in [3.63, 3.8) is 0 Å². The van der Waals surface area contributed by atoms with Gasteiger partial charge in [-0.1, -0.05) is 187 Å². The zero-order chi connectivity index (χ0) is 30.3. The van der Waals surface area contributed by atoms with Crippen LogP contribution in [0.25, 0.3) is 0 Å². The fourth-order valence-corrected chi connectivity index (χ4v) is 5.25. The third-order valence-corrected chi connectivity index (χ3v) is 7.97. The van der Waals surface area contributed by atoms with Crippen molar-refractivity contribution in [1.29, 1.82) is 0 Å². The molecule has 0 saturated carbocycles. The van der Waals surface area contributed by atoms with Gasteiger partial charge in [0.15, 0.2) is 0 Å². The lowest BCUT2D eigenvalue weighted by Crippen LogP contribution is -2.14. The third-order valence-electron chi connectivity index (χ3n) is 7.97. The van der Waals surface area contributed by atoms with E-state index in [4.69, 9.17) is 14.9 Å². The van der Waals surface area contributed by atoms with Crippen LogP contribution in [0.15, 0.2) is 0 Å². The first-order valence-electron chi connectivity index (χ1n) is 18.3. The van der Waals surface area contributed by atoms with Crippen LogP contribution in [0.3, 0.4) is 0 Å². The van der Waals surface area contributed by atoms with Gasteiger partial charge in [0.2, 0.25) is 0 Å². The monoisotopic (exact) mass is 586 g/mol. The van der Waals surface area contributed by atoms with Crippen LogP contribution in [0.4, 0.5) is 0 Å².